The predicted molar refractivity (Wildman–Crippen MR) is 135 cm³/mol. The van der Waals surface area contributed by atoms with Crippen LogP contribution in [0.15, 0.2) is 115 Å². The fraction of sp³-hybridized carbons (Fsp3) is 0. The first-order chi connectivity index (χ1) is 15.3. The summed E-state index contributed by atoms with van der Waals surface area (Å²) >= 11 is 6.14. The number of hydrogen-bond acceptors (Lipinski definition) is 0. The fourth-order valence-corrected chi connectivity index (χ4v) is 4.66. The Morgan fingerprint density at radius 2 is 1.00 bits per heavy atom. The van der Waals surface area contributed by atoms with Crippen molar-refractivity contribution in [1.29, 1.82) is 0 Å². The molecule has 31 heavy (non-hydrogen) atoms. The maximum absolute atomic E-state index is 6.14. The number of hydrogen-bond donors (Lipinski definition) is 0. The largest absolute Gasteiger partial charge is 0.0843 e. The second-order valence-electron chi connectivity index (χ2n) is 7.97. The van der Waals surface area contributed by atoms with Gasteiger partial charge in [0.15, 0.2) is 0 Å². The Hall–Kier alpha value is -3.61. The molecule has 0 aromatic heterocycles. The van der Waals surface area contributed by atoms with Gasteiger partial charge < -0.3 is 0 Å². The van der Waals surface area contributed by atoms with Crippen LogP contribution < -0.4 is 0 Å². The minimum Gasteiger partial charge on any atom is -0.0843 e. The predicted octanol–water partition coefficient (Wildman–Crippen LogP) is 9.13. The Kier molecular flexibility index (Phi) is 4.26. The van der Waals surface area contributed by atoms with Gasteiger partial charge in [0.1, 0.15) is 0 Å². The van der Waals surface area contributed by atoms with Gasteiger partial charge in [-0.15, -0.1) is 0 Å². The molecule has 0 saturated carbocycles. The second-order valence-corrected chi connectivity index (χ2v) is 8.41. The van der Waals surface area contributed by atoms with Gasteiger partial charge in [-0.05, 0) is 84.9 Å². The number of benzene rings is 6. The van der Waals surface area contributed by atoms with Crippen LogP contribution in [0.4, 0.5) is 0 Å². The van der Waals surface area contributed by atoms with Crippen molar-refractivity contribution in [2.75, 3.05) is 0 Å². The van der Waals surface area contributed by atoms with E-state index in [9.17, 15) is 0 Å². The molecule has 0 heterocycles. The Bertz CT molecular complexity index is 1580. The Labute approximate surface area is 186 Å². The second kappa shape index (κ2) is 7.27. The van der Waals surface area contributed by atoms with Gasteiger partial charge in [0.05, 0.1) is 0 Å². The number of rotatable bonds is 2. The average molecular weight is 415 g/mol. The molecule has 0 nitrogen and oxygen atoms in total. The molecule has 1 heteroatoms. The van der Waals surface area contributed by atoms with Gasteiger partial charge in [0.25, 0.3) is 0 Å². The molecule has 0 amide bonds. The molecule has 0 aliphatic heterocycles. The van der Waals surface area contributed by atoms with Crippen LogP contribution in [-0.2, 0) is 0 Å². The van der Waals surface area contributed by atoms with Gasteiger partial charge >= 0.3 is 0 Å². The zero-order valence-corrected chi connectivity index (χ0v) is 17.6. The molecule has 0 N–H and O–H groups in total. The minimum absolute atomic E-state index is 0.757. The van der Waals surface area contributed by atoms with Gasteiger partial charge in [0, 0.05) is 5.02 Å². The summed E-state index contributed by atoms with van der Waals surface area (Å²) < 4.78 is 0. The molecule has 0 bridgehead atoms. The molecule has 0 atom stereocenters. The quantitative estimate of drug-likeness (QED) is 0.248. The van der Waals surface area contributed by atoms with Gasteiger partial charge in [0.2, 0.25) is 0 Å². The molecule has 0 aliphatic carbocycles. The average Bonchev–Trinajstić information content (AvgIpc) is 2.83. The molecule has 6 aromatic rings. The molecule has 0 fully saturated rings. The summed E-state index contributed by atoms with van der Waals surface area (Å²) in [6.07, 6.45) is 0. The summed E-state index contributed by atoms with van der Waals surface area (Å²) in [6.45, 7) is 0. The summed E-state index contributed by atoms with van der Waals surface area (Å²) in [7, 11) is 0. The molecule has 0 radical (unpaired) electrons. The molecule has 6 rings (SSSR count). The molecular weight excluding hydrogens is 396 g/mol. The van der Waals surface area contributed by atoms with E-state index in [2.05, 4.69) is 103 Å². The van der Waals surface area contributed by atoms with E-state index in [1.54, 1.807) is 0 Å². The fourth-order valence-electron chi connectivity index (χ4n) is 4.53. The standard InChI is InChI=1S/C30H19Cl/c31-26-14-11-21(12-15-26)30-19-25-18-24(13-16-27(25)28-7-3-4-8-29(28)30)23-10-9-20-5-1-2-6-22(20)17-23/h1-19H. The topological polar surface area (TPSA) is 0 Å². The van der Waals surface area contributed by atoms with Crippen LogP contribution in [0.3, 0.4) is 0 Å². The van der Waals surface area contributed by atoms with E-state index in [0.29, 0.717) is 0 Å². The minimum atomic E-state index is 0.757. The summed E-state index contributed by atoms with van der Waals surface area (Å²) in [5.41, 5.74) is 4.88. The molecular formula is C30H19Cl. The zero-order chi connectivity index (χ0) is 20.8. The molecule has 0 aliphatic rings. The maximum Gasteiger partial charge on any atom is 0.0406 e. The van der Waals surface area contributed by atoms with Gasteiger partial charge in [-0.3, -0.25) is 0 Å². The third-order valence-electron chi connectivity index (χ3n) is 6.10. The smallest absolute Gasteiger partial charge is 0.0406 e. The van der Waals surface area contributed by atoms with Crippen molar-refractivity contribution in [1.82, 2.24) is 0 Å². The van der Waals surface area contributed by atoms with Crippen molar-refractivity contribution in [2.45, 2.75) is 0 Å². The lowest BCUT2D eigenvalue weighted by Gasteiger charge is -2.13. The van der Waals surface area contributed by atoms with Crippen LogP contribution in [0.5, 0.6) is 0 Å². The van der Waals surface area contributed by atoms with Crippen LogP contribution in [0, 0.1) is 0 Å². The van der Waals surface area contributed by atoms with E-state index in [4.69, 9.17) is 11.6 Å². The van der Waals surface area contributed by atoms with Crippen molar-refractivity contribution in [3.63, 3.8) is 0 Å². The SMILES string of the molecule is Clc1ccc(-c2cc3cc(-c4ccc5ccccc5c4)ccc3c3ccccc23)cc1. The monoisotopic (exact) mass is 414 g/mol. The van der Waals surface area contributed by atoms with Crippen molar-refractivity contribution >= 4 is 43.9 Å². The van der Waals surface area contributed by atoms with Crippen LogP contribution in [-0.4, -0.2) is 0 Å². The molecule has 0 unspecified atom stereocenters. The highest BCUT2D eigenvalue weighted by molar-refractivity contribution is 6.30. The van der Waals surface area contributed by atoms with E-state index in [-0.39, 0.29) is 0 Å². The van der Waals surface area contributed by atoms with Crippen molar-refractivity contribution in [3.05, 3.63) is 120 Å². The van der Waals surface area contributed by atoms with E-state index in [0.717, 1.165) is 5.02 Å². The molecule has 146 valence electrons. The maximum atomic E-state index is 6.14. The third-order valence-corrected chi connectivity index (χ3v) is 6.35. The van der Waals surface area contributed by atoms with E-state index >= 15 is 0 Å². The van der Waals surface area contributed by atoms with Crippen LogP contribution in [0.2, 0.25) is 5.02 Å². The van der Waals surface area contributed by atoms with Crippen LogP contribution >= 0.6 is 11.6 Å². The Morgan fingerprint density at radius 3 is 1.81 bits per heavy atom. The summed E-state index contributed by atoms with van der Waals surface area (Å²) in [5.74, 6) is 0. The highest BCUT2D eigenvalue weighted by Crippen LogP contribution is 2.37. The Morgan fingerprint density at radius 1 is 0.387 bits per heavy atom. The first-order valence-electron chi connectivity index (χ1n) is 10.5. The molecule has 6 aromatic carbocycles. The summed E-state index contributed by atoms with van der Waals surface area (Å²) in [5, 5.41) is 8.34. The molecule has 0 saturated heterocycles. The van der Waals surface area contributed by atoms with Crippen molar-refractivity contribution in [2.24, 2.45) is 0 Å². The van der Waals surface area contributed by atoms with Gasteiger partial charge in [-0.1, -0.05) is 96.5 Å². The van der Waals surface area contributed by atoms with E-state index in [1.165, 1.54) is 54.6 Å². The third kappa shape index (κ3) is 3.17. The Balaban J connectivity index is 1.60. The van der Waals surface area contributed by atoms with Gasteiger partial charge in [-0.25, -0.2) is 0 Å². The lowest BCUT2D eigenvalue weighted by atomic mass is 9.91. The van der Waals surface area contributed by atoms with Crippen molar-refractivity contribution < 1.29 is 0 Å². The zero-order valence-electron chi connectivity index (χ0n) is 16.8. The first-order valence-corrected chi connectivity index (χ1v) is 10.8. The highest BCUT2D eigenvalue weighted by atomic mass is 35.5. The lowest BCUT2D eigenvalue weighted by Crippen LogP contribution is -1.86. The molecule has 0 spiro atoms. The lowest BCUT2D eigenvalue weighted by molar-refractivity contribution is 1.65. The first kappa shape index (κ1) is 18.2. The van der Waals surface area contributed by atoms with Crippen molar-refractivity contribution in [3.8, 4) is 22.3 Å². The van der Waals surface area contributed by atoms with E-state index in [1.807, 2.05) is 12.1 Å². The van der Waals surface area contributed by atoms with Crippen LogP contribution in [0.1, 0.15) is 0 Å². The van der Waals surface area contributed by atoms with E-state index < -0.39 is 0 Å². The van der Waals surface area contributed by atoms with Crippen LogP contribution in [0.25, 0.3) is 54.6 Å². The summed E-state index contributed by atoms with van der Waals surface area (Å²) in [6, 6.07) is 41.1. The normalized spacial score (nSPS) is 11.4. The summed E-state index contributed by atoms with van der Waals surface area (Å²) in [4.78, 5) is 0. The van der Waals surface area contributed by atoms with Gasteiger partial charge in [-0.2, -0.15) is 0 Å². The number of fused-ring (bicyclic) bond motifs is 4. The number of halogens is 1. The highest BCUT2D eigenvalue weighted by Gasteiger charge is 2.10.